The van der Waals surface area contributed by atoms with E-state index in [2.05, 4.69) is 36.3 Å². The van der Waals surface area contributed by atoms with Gasteiger partial charge >= 0.3 is 0 Å². The fourth-order valence-corrected chi connectivity index (χ4v) is 2.37. The monoisotopic (exact) mass is 244 g/mol. The molecule has 96 valence electrons. The first kappa shape index (κ1) is 13.0. The average Bonchev–Trinajstić information content (AvgIpc) is 2.39. The van der Waals surface area contributed by atoms with Crippen molar-refractivity contribution in [3.8, 4) is 0 Å². The van der Waals surface area contributed by atoms with E-state index in [1.54, 1.807) is 7.11 Å². The second-order valence-corrected chi connectivity index (χ2v) is 4.95. The highest BCUT2D eigenvalue weighted by Crippen LogP contribution is 2.32. The molecule has 0 aliphatic heterocycles. The molecule has 0 aliphatic carbocycles. The Morgan fingerprint density at radius 2 is 2.00 bits per heavy atom. The van der Waals surface area contributed by atoms with E-state index in [1.165, 1.54) is 10.9 Å². The third-order valence-electron chi connectivity index (χ3n) is 3.50. The predicted molar refractivity (Wildman–Crippen MR) is 74.6 cm³/mol. The first-order chi connectivity index (χ1) is 8.60. The van der Waals surface area contributed by atoms with Crippen LogP contribution in [0.3, 0.4) is 0 Å². The van der Waals surface area contributed by atoms with E-state index in [0.29, 0.717) is 0 Å². The highest BCUT2D eigenvalue weighted by molar-refractivity contribution is 5.82. The van der Waals surface area contributed by atoms with Gasteiger partial charge in [0.25, 0.3) is 0 Å². The summed E-state index contributed by atoms with van der Waals surface area (Å²) in [6.45, 7) is 4.17. The lowest BCUT2D eigenvalue weighted by Gasteiger charge is -2.33. The number of benzene rings is 1. The van der Waals surface area contributed by atoms with E-state index in [1.807, 2.05) is 31.4 Å². The number of nitrogens with zero attached hydrogens (tertiary/aromatic N) is 1. The molecule has 1 atom stereocenters. The molecule has 3 heteroatoms. The number of fused-ring (bicyclic) bond motifs is 1. The molecule has 0 amide bonds. The number of rotatable bonds is 4. The maximum Gasteiger partial charge on any atom is 0.0816 e. The van der Waals surface area contributed by atoms with Crippen LogP contribution in [-0.4, -0.2) is 24.7 Å². The Labute approximate surface area is 108 Å². The van der Waals surface area contributed by atoms with Gasteiger partial charge in [0.1, 0.15) is 0 Å². The van der Waals surface area contributed by atoms with E-state index >= 15 is 0 Å². The smallest absolute Gasteiger partial charge is 0.0816 e. The minimum Gasteiger partial charge on any atom is -0.377 e. The number of pyridine rings is 1. The van der Waals surface area contributed by atoms with Crippen molar-refractivity contribution in [3.05, 3.63) is 42.1 Å². The Bertz CT molecular complexity index is 532. The highest BCUT2D eigenvalue weighted by Gasteiger charge is 2.30. The normalized spacial score (nSPS) is 13.8. The quantitative estimate of drug-likeness (QED) is 0.898. The zero-order valence-electron chi connectivity index (χ0n) is 11.4. The van der Waals surface area contributed by atoms with E-state index < -0.39 is 0 Å². The molecule has 1 aromatic carbocycles. The molecule has 18 heavy (non-hydrogen) atoms. The molecule has 1 N–H and O–H groups in total. The number of aromatic nitrogens is 1. The summed E-state index contributed by atoms with van der Waals surface area (Å²) in [7, 11) is 3.70. The molecule has 1 unspecified atom stereocenters. The Morgan fingerprint density at radius 1 is 1.22 bits per heavy atom. The summed E-state index contributed by atoms with van der Waals surface area (Å²) in [6, 6.07) is 10.4. The van der Waals surface area contributed by atoms with E-state index in [0.717, 1.165) is 5.52 Å². The number of likely N-dealkylation sites (N-methyl/N-ethyl adjacent to an activating group) is 1. The van der Waals surface area contributed by atoms with Crippen LogP contribution >= 0.6 is 0 Å². The third kappa shape index (κ3) is 2.24. The molecular weight excluding hydrogens is 224 g/mol. The molecule has 3 nitrogen and oxygen atoms in total. The molecule has 0 fully saturated rings. The summed E-state index contributed by atoms with van der Waals surface area (Å²) in [5.74, 6) is 0. The number of methoxy groups -OCH3 is 1. The Kier molecular flexibility index (Phi) is 3.64. The Hall–Kier alpha value is -1.45. The van der Waals surface area contributed by atoms with Gasteiger partial charge in [-0.25, -0.2) is 0 Å². The van der Waals surface area contributed by atoms with Crippen LogP contribution in [0.5, 0.6) is 0 Å². The molecule has 2 aromatic rings. The van der Waals surface area contributed by atoms with Gasteiger partial charge in [0.15, 0.2) is 0 Å². The maximum atomic E-state index is 5.61. The van der Waals surface area contributed by atoms with Crippen molar-refractivity contribution in [2.45, 2.75) is 25.5 Å². The third-order valence-corrected chi connectivity index (χ3v) is 3.50. The maximum absolute atomic E-state index is 5.61. The molecule has 2 rings (SSSR count). The van der Waals surface area contributed by atoms with E-state index in [-0.39, 0.29) is 11.6 Å². The molecule has 0 aliphatic rings. The SMILES string of the molecule is CNC(c1cccc2ncccc12)C(C)(C)OC. The van der Waals surface area contributed by atoms with Crippen LogP contribution in [0, 0.1) is 0 Å². The van der Waals surface area contributed by atoms with Crippen LogP contribution in [0.2, 0.25) is 0 Å². The van der Waals surface area contributed by atoms with E-state index in [4.69, 9.17) is 4.74 Å². The second kappa shape index (κ2) is 5.04. The molecule has 1 aromatic heterocycles. The summed E-state index contributed by atoms with van der Waals surface area (Å²) < 4.78 is 5.61. The number of hydrogen-bond donors (Lipinski definition) is 1. The first-order valence-corrected chi connectivity index (χ1v) is 6.16. The van der Waals surface area contributed by atoms with Gasteiger partial charge in [0, 0.05) is 18.7 Å². The largest absolute Gasteiger partial charge is 0.377 e. The van der Waals surface area contributed by atoms with Crippen LogP contribution in [0.4, 0.5) is 0 Å². The topological polar surface area (TPSA) is 34.2 Å². The van der Waals surface area contributed by atoms with Gasteiger partial charge in [0.2, 0.25) is 0 Å². The first-order valence-electron chi connectivity index (χ1n) is 6.16. The summed E-state index contributed by atoms with van der Waals surface area (Å²) in [5.41, 5.74) is 1.95. The molecule has 0 bridgehead atoms. The lowest BCUT2D eigenvalue weighted by atomic mass is 9.89. The fourth-order valence-electron chi connectivity index (χ4n) is 2.37. The molecule has 0 saturated heterocycles. The summed E-state index contributed by atoms with van der Waals surface area (Å²) in [5, 5.41) is 4.52. The van der Waals surface area contributed by atoms with Crippen LogP contribution in [0.15, 0.2) is 36.5 Å². The Balaban J connectivity index is 2.59. The minimum absolute atomic E-state index is 0.121. The minimum atomic E-state index is -0.279. The fraction of sp³-hybridized carbons (Fsp3) is 0.400. The molecule has 1 heterocycles. The molecule has 0 saturated carbocycles. The average molecular weight is 244 g/mol. The number of hydrogen-bond acceptors (Lipinski definition) is 3. The number of ether oxygens (including phenoxy) is 1. The summed E-state index contributed by atoms with van der Waals surface area (Å²) in [4.78, 5) is 4.40. The highest BCUT2D eigenvalue weighted by atomic mass is 16.5. The van der Waals surface area contributed by atoms with Crippen LogP contribution in [0.25, 0.3) is 10.9 Å². The molecule has 0 radical (unpaired) electrons. The van der Waals surface area contributed by atoms with Crippen molar-refractivity contribution >= 4 is 10.9 Å². The summed E-state index contributed by atoms with van der Waals surface area (Å²) in [6.07, 6.45) is 1.82. The second-order valence-electron chi connectivity index (χ2n) is 4.95. The van der Waals surface area contributed by atoms with Crippen molar-refractivity contribution in [3.63, 3.8) is 0 Å². The Morgan fingerprint density at radius 3 is 2.67 bits per heavy atom. The van der Waals surface area contributed by atoms with Crippen molar-refractivity contribution < 1.29 is 4.74 Å². The van der Waals surface area contributed by atoms with Crippen molar-refractivity contribution in [1.29, 1.82) is 0 Å². The zero-order chi connectivity index (χ0) is 13.2. The van der Waals surface area contributed by atoms with Crippen LogP contribution in [-0.2, 0) is 4.74 Å². The number of nitrogens with one attached hydrogen (secondary N) is 1. The van der Waals surface area contributed by atoms with Gasteiger partial charge < -0.3 is 10.1 Å². The van der Waals surface area contributed by atoms with Crippen molar-refractivity contribution in [2.24, 2.45) is 0 Å². The van der Waals surface area contributed by atoms with Crippen LogP contribution < -0.4 is 5.32 Å². The zero-order valence-corrected chi connectivity index (χ0v) is 11.4. The van der Waals surface area contributed by atoms with Gasteiger partial charge in [-0.15, -0.1) is 0 Å². The van der Waals surface area contributed by atoms with Crippen molar-refractivity contribution in [2.75, 3.05) is 14.2 Å². The van der Waals surface area contributed by atoms with Crippen LogP contribution in [0.1, 0.15) is 25.5 Å². The van der Waals surface area contributed by atoms with Gasteiger partial charge in [0.05, 0.1) is 17.2 Å². The molecular formula is C15H20N2O. The molecule has 0 spiro atoms. The van der Waals surface area contributed by atoms with Crippen molar-refractivity contribution in [1.82, 2.24) is 10.3 Å². The van der Waals surface area contributed by atoms with Gasteiger partial charge in [-0.05, 0) is 38.6 Å². The van der Waals surface area contributed by atoms with Gasteiger partial charge in [-0.3, -0.25) is 4.98 Å². The predicted octanol–water partition coefficient (Wildman–Crippen LogP) is 2.92. The van der Waals surface area contributed by atoms with E-state index in [9.17, 15) is 0 Å². The summed E-state index contributed by atoms with van der Waals surface area (Å²) >= 11 is 0. The van der Waals surface area contributed by atoms with Gasteiger partial charge in [-0.2, -0.15) is 0 Å². The lowest BCUT2D eigenvalue weighted by molar-refractivity contribution is -0.00859. The lowest BCUT2D eigenvalue weighted by Crippen LogP contribution is -2.39. The van der Waals surface area contributed by atoms with Gasteiger partial charge in [-0.1, -0.05) is 18.2 Å². The standard InChI is InChI=1S/C15H20N2O/c1-15(2,18-4)14(16-3)12-7-5-9-13-11(12)8-6-10-17-13/h5-10,14,16H,1-4H3.